The van der Waals surface area contributed by atoms with Crippen molar-refractivity contribution in [3.05, 3.63) is 52.0 Å². The summed E-state index contributed by atoms with van der Waals surface area (Å²) in [6.45, 7) is 10.1. The van der Waals surface area contributed by atoms with Crippen LogP contribution in [0.15, 0.2) is 41.6 Å². The number of hydrogen-bond acceptors (Lipinski definition) is 7. The number of amides is 1. The van der Waals surface area contributed by atoms with Gasteiger partial charge in [0, 0.05) is 12.6 Å². The molecule has 0 aliphatic carbocycles. The molecule has 3 aromatic rings. The average molecular weight is 564 g/mol. The number of piperidine rings is 1. The van der Waals surface area contributed by atoms with Crippen molar-refractivity contribution in [2.24, 2.45) is 0 Å². The molecule has 1 aliphatic rings. The third kappa shape index (κ3) is 7.60. The van der Waals surface area contributed by atoms with Crippen molar-refractivity contribution in [3.63, 3.8) is 0 Å². The number of carbonyl (C=O) groups excluding carboxylic acids is 1. The number of tetrazole rings is 1. The van der Waals surface area contributed by atoms with Crippen molar-refractivity contribution >= 4 is 46.6 Å². The Morgan fingerprint density at radius 2 is 1.86 bits per heavy atom. The molecule has 0 atom stereocenters. The molecule has 0 spiro atoms. The normalized spacial score (nSPS) is 14.5. The van der Waals surface area contributed by atoms with E-state index < -0.39 is 0 Å². The molecule has 1 fully saturated rings. The predicted octanol–water partition coefficient (Wildman–Crippen LogP) is 5.86. The molecule has 1 amide bonds. The lowest BCUT2D eigenvalue weighted by Crippen LogP contribution is -2.33. The lowest BCUT2D eigenvalue weighted by atomic mass is 9.87. The van der Waals surface area contributed by atoms with Gasteiger partial charge in [-0.25, -0.2) is 0 Å². The van der Waals surface area contributed by atoms with Gasteiger partial charge in [0.15, 0.2) is 0 Å². The number of nitrogens with zero attached hydrogens (tertiary/aromatic N) is 5. The average Bonchev–Trinajstić information content (AvgIpc) is 3.33. The zero-order valence-corrected chi connectivity index (χ0v) is 23.7. The molecule has 1 aliphatic heterocycles. The van der Waals surface area contributed by atoms with Gasteiger partial charge < -0.3 is 10.1 Å². The predicted molar refractivity (Wildman–Crippen MR) is 149 cm³/mol. The minimum Gasteiger partial charge on any atom is -0.492 e. The lowest BCUT2D eigenvalue weighted by molar-refractivity contribution is -0.113. The summed E-state index contributed by atoms with van der Waals surface area (Å²) in [6.07, 6.45) is 3.83. The van der Waals surface area contributed by atoms with Crippen LogP contribution in [0.4, 0.5) is 5.69 Å². The van der Waals surface area contributed by atoms with E-state index in [-0.39, 0.29) is 17.1 Å². The minimum absolute atomic E-state index is 0.0306. The van der Waals surface area contributed by atoms with Crippen molar-refractivity contribution < 1.29 is 9.53 Å². The summed E-state index contributed by atoms with van der Waals surface area (Å²) >= 11 is 14.2. The third-order valence-corrected chi connectivity index (χ3v) is 7.69. The molecule has 4 rings (SSSR count). The van der Waals surface area contributed by atoms with Gasteiger partial charge in [-0.2, -0.15) is 4.68 Å². The van der Waals surface area contributed by atoms with Gasteiger partial charge in [0.1, 0.15) is 12.4 Å². The second-order valence-electron chi connectivity index (χ2n) is 10.0. The van der Waals surface area contributed by atoms with E-state index in [2.05, 4.69) is 46.5 Å². The Bertz CT molecular complexity index is 1220. The number of likely N-dealkylation sites (tertiary alicyclic amines) is 1. The number of benzene rings is 2. The molecular weight excluding hydrogens is 531 g/mol. The highest BCUT2D eigenvalue weighted by Crippen LogP contribution is 2.31. The van der Waals surface area contributed by atoms with Crippen LogP contribution in [0.25, 0.3) is 5.69 Å². The number of aromatic nitrogens is 4. The van der Waals surface area contributed by atoms with Crippen LogP contribution >= 0.6 is 35.0 Å². The molecular formula is C26H32Cl2N6O2S. The molecule has 0 radical (unpaired) electrons. The van der Waals surface area contributed by atoms with E-state index in [1.54, 1.807) is 12.1 Å². The number of carbonyl (C=O) groups is 1. The smallest absolute Gasteiger partial charge is 0.234 e. The van der Waals surface area contributed by atoms with Crippen molar-refractivity contribution in [2.75, 3.05) is 37.3 Å². The Morgan fingerprint density at radius 1 is 1.08 bits per heavy atom. The van der Waals surface area contributed by atoms with Crippen LogP contribution in [-0.2, 0) is 10.2 Å². The fourth-order valence-electron chi connectivity index (χ4n) is 4.04. The quantitative estimate of drug-likeness (QED) is 0.327. The topological polar surface area (TPSA) is 85.2 Å². The summed E-state index contributed by atoms with van der Waals surface area (Å²) in [5.41, 5.74) is 2.26. The fraction of sp³-hybridized carbons (Fsp3) is 0.462. The van der Waals surface area contributed by atoms with Gasteiger partial charge in [-0.1, -0.05) is 68.2 Å². The molecule has 2 heterocycles. The zero-order chi connectivity index (χ0) is 26.4. The SMILES string of the molecule is CC(C)(C)c1ccc(-n2nnnc2SCC(=O)Nc2ccc(OCCN3CCCCC3)cc2Cl)c(Cl)c1. The Labute approximate surface area is 232 Å². The molecule has 1 aromatic heterocycles. The number of thioether (sulfide) groups is 1. The first kappa shape index (κ1) is 27.7. The maximum atomic E-state index is 12.6. The molecule has 0 unspecified atom stereocenters. The molecule has 2 aromatic carbocycles. The van der Waals surface area contributed by atoms with Gasteiger partial charge >= 0.3 is 0 Å². The summed E-state index contributed by atoms with van der Waals surface area (Å²) in [4.78, 5) is 15.0. The summed E-state index contributed by atoms with van der Waals surface area (Å²) in [6, 6.07) is 11.1. The fourth-order valence-corrected chi connectivity index (χ4v) is 5.21. The lowest BCUT2D eigenvalue weighted by Gasteiger charge is -2.26. The standard InChI is InChI=1S/C26H32Cl2N6O2S/c1-26(2,3)18-7-10-23(21(28)15-18)34-25(30-31-32-34)37-17-24(35)29-22-9-8-19(16-20(22)27)36-14-13-33-11-5-4-6-12-33/h7-10,15-16H,4-6,11-14,17H2,1-3H3,(H,29,35). The Kier molecular flexibility index (Phi) is 9.34. The van der Waals surface area contributed by atoms with E-state index in [0.29, 0.717) is 38.9 Å². The first-order valence-electron chi connectivity index (χ1n) is 12.4. The number of anilines is 1. The van der Waals surface area contributed by atoms with Crippen LogP contribution in [-0.4, -0.2) is 63.0 Å². The summed E-state index contributed by atoms with van der Waals surface area (Å²) < 4.78 is 7.40. The number of rotatable bonds is 9. The van der Waals surface area contributed by atoms with Gasteiger partial charge in [-0.05, 0) is 71.6 Å². The highest BCUT2D eigenvalue weighted by molar-refractivity contribution is 7.99. The van der Waals surface area contributed by atoms with Crippen molar-refractivity contribution in [1.82, 2.24) is 25.1 Å². The molecule has 1 saturated heterocycles. The Balaban J connectivity index is 1.30. The van der Waals surface area contributed by atoms with Gasteiger partial charge in [-0.3, -0.25) is 9.69 Å². The second-order valence-corrected chi connectivity index (χ2v) is 11.8. The highest BCUT2D eigenvalue weighted by atomic mass is 35.5. The molecule has 37 heavy (non-hydrogen) atoms. The molecule has 1 N–H and O–H groups in total. The maximum absolute atomic E-state index is 12.6. The van der Waals surface area contributed by atoms with Crippen molar-refractivity contribution in [3.8, 4) is 11.4 Å². The van der Waals surface area contributed by atoms with Crippen LogP contribution in [0.2, 0.25) is 10.0 Å². The largest absolute Gasteiger partial charge is 0.492 e. The number of halogens is 2. The van der Waals surface area contributed by atoms with E-state index in [1.807, 2.05) is 24.3 Å². The highest BCUT2D eigenvalue weighted by Gasteiger charge is 2.19. The van der Waals surface area contributed by atoms with E-state index in [1.165, 1.54) is 35.7 Å². The van der Waals surface area contributed by atoms with E-state index in [0.717, 1.165) is 25.2 Å². The number of hydrogen-bond donors (Lipinski definition) is 1. The zero-order valence-electron chi connectivity index (χ0n) is 21.3. The third-order valence-electron chi connectivity index (χ3n) is 6.15. The molecule has 8 nitrogen and oxygen atoms in total. The van der Waals surface area contributed by atoms with Crippen molar-refractivity contribution in [2.45, 2.75) is 50.6 Å². The van der Waals surface area contributed by atoms with Gasteiger partial charge in [0.2, 0.25) is 11.1 Å². The van der Waals surface area contributed by atoms with Crippen molar-refractivity contribution in [1.29, 1.82) is 0 Å². The monoisotopic (exact) mass is 562 g/mol. The van der Waals surface area contributed by atoms with Crippen LogP contribution in [0.1, 0.15) is 45.6 Å². The van der Waals surface area contributed by atoms with Gasteiger partial charge in [-0.15, -0.1) is 5.10 Å². The Hall–Kier alpha value is -2.33. The van der Waals surface area contributed by atoms with Crippen LogP contribution in [0, 0.1) is 0 Å². The number of ether oxygens (including phenoxy) is 1. The number of nitrogens with one attached hydrogen (secondary N) is 1. The van der Waals surface area contributed by atoms with E-state index >= 15 is 0 Å². The molecule has 11 heteroatoms. The van der Waals surface area contributed by atoms with Crippen LogP contribution in [0.3, 0.4) is 0 Å². The van der Waals surface area contributed by atoms with Gasteiger partial charge in [0.25, 0.3) is 0 Å². The molecule has 198 valence electrons. The molecule has 0 saturated carbocycles. The van der Waals surface area contributed by atoms with E-state index in [9.17, 15) is 4.79 Å². The van der Waals surface area contributed by atoms with Gasteiger partial charge in [0.05, 0.1) is 27.2 Å². The minimum atomic E-state index is -0.227. The summed E-state index contributed by atoms with van der Waals surface area (Å²) in [7, 11) is 0. The first-order chi connectivity index (χ1) is 17.7. The maximum Gasteiger partial charge on any atom is 0.234 e. The van der Waals surface area contributed by atoms with Crippen LogP contribution in [0.5, 0.6) is 5.75 Å². The molecule has 0 bridgehead atoms. The summed E-state index contributed by atoms with van der Waals surface area (Å²) in [5, 5.41) is 16.1. The Morgan fingerprint density at radius 3 is 2.57 bits per heavy atom. The first-order valence-corrected chi connectivity index (χ1v) is 14.1. The second kappa shape index (κ2) is 12.5. The summed E-state index contributed by atoms with van der Waals surface area (Å²) in [5.74, 6) is 0.556. The van der Waals surface area contributed by atoms with Crippen LogP contribution < -0.4 is 10.1 Å². The van der Waals surface area contributed by atoms with E-state index in [4.69, 9.17) is 27.9 Å².